The third-order valence-corrected chi connectivity index (χ3v) is 2.80. The van der Waals surface area contributed by atoms with Gasteiger partial charge in [0.1, 0.15) is 20.0 Å². The van der Waals surface area contributed by atoms with Gasteiger partial charge in [-0.15, -0.1) is 0 Å². The molecule has 2 aromatic rings. The summed E-state index contributed by atoms with van der Waals surface area (Å²) >= 11 is 0. The van der Waals surface area contributed by atoms with Gasteiger partial charge in [-0.05, 0) is 23.1 Å². The van der Waals surface area contributed by atoms with Crippen LogP contribution in [-0.4, -0.2) is 69.5 Å². The van der Waals surface area contributed by atoms with E-state index in [1.165, 1.54) is 15.7 Å². The Balaban J connectivity index is 2.83. The van der Waals surface area contributed by atoms with Crippen LogP contribution in [0.15, 0.2) is 6.33 Å². The molecule has 20 heavy (non-hydrogen) atoms. The summed E-state index contributed by atoms with van der Waals surface area (Å²) in [7, 11) is 30.0. The van der Waals surface area contributed by atoms with E-state index in [4.69, 9.17) is 39.2 Å². The van der Waals surface area contributed by atoms with Gasteiger partial charge in [0.05, 0.1) is 31.4 Å². The van der Waals surface area contributed by atoms with Gasteiger partial charge in [-0.1, -0.05) is 13.8 Å². The Morgan fingerprint density at radius 1 is 1.15 bits per heavy atom. The topological polar surface area (TPSA) is 46.3 Å². The molecule has 0 saturated heterocycles. The van der Waals surface area contributed by atoms with Crippen LogP contribution in [0.1, 0.15) is 19.5 Å². The van der Waals surface area contributed by atoms with E-state index in [0.717, 1.165) is 0 Å². The zero-order valence-electron chi connectivity index (χ0n) is 11.7. The van der Waals surface area contributed by atoms with E-state index in [1.807, 2.05) is 0 Å². The summed E-state index contributed by atoms with van der Waals surface area (Å²) in [4.78, 5) is 9.62. The van der Waals surface area contributed by atoms with Gasteiger partial charge in [-0.3, -0.25) is 0 Å². The summed E-state index contributed by atoms with van der Waals surface area (Å²) in [6.07, 6.45) is 1.34. The highest BCUT2D eigenvalue weighted by Gasteiger charge is 2.33. The normalized spacial score (nSPS) is 12.8. The van der Waals surface area contributed by atoms with Crippen LogP contribution in [0.3, 0.4) is 0 Å². The summed E-state index contributed by atoms with van der Waals surface area (Å²) in [5.74, 6) is 0.704. The molecule has 0 fully saturated rings. The molecule has 10 radical (unpaired) electrons. The fourth-order valence-electron chi connectivity index (χ4n) is 2.14. The van der Waals surface area contributed by atoms with Crippen LogP contribution < -0.4 is 10.4 Å². The van der Waals surface area contributed by atoms with Crippen LogP contribution in [0.2, 0.25) is 0 Å². The second kappa shape index (κ2) is 4.60. The van der Waals surface area contributed by atoms with Crippen molar-refractivity contribution in [2.75, 3.05) is 4.90 Å². The lowest BCUT2D eigenvalue weighted by Gasteiger charge is -2.50. The van der Waals surface area contributed by atoms with Crippen LogP contribution in [-0.2, 0) is 0 Å². The van der Waals surface area contributed by atoms with E-state index in [1.54, 1.807) is 20.8 Å². The van der Waals surface area contributed by atoms with Crippen molar-refractivity contribution in [3.63, 3.8) is 0 Å². The Morgan fingerprint density at radius 2 is 1.70 bits per heavy atom. The van der Waals surface area contributed by atoms with Crippen molar-refractivity contribution in [3.05, 3.63) is 12.0 Å². The molecule has 0 spiro atoms. The summed E-state index contributed by atoms with van der Waals surface area (Å²) in [5.41, 5.74) is 0.881. The molecule has 0 unspecified atom stereocenters. The van der Waals surface area contributed by atoms with E-state index in [9.17, 15) is 0 Å². The minimum absolute atomic E-state index is 0.326. The molecule has 10 heteroatoms. The van der Waals surface area contributed by atoms with Crippen LogP contribution in [0, 0.1) is 6.92 Å². The molecule has 5 nitrogen and oxygen atoms in total. The average Bonchev–Trinajstić information content (AvgIpc) is 2.68. The number of rotatable bonds is 3. The fourth-order valence-corrected chi connectivity index (χ4v) is 2.14. The summed E-state index contributed by atoms with van der Waals surface area (Å²) in [5, 5.41) is 1.34. The highest BCUT2D eigenvalue weighted by molar-refractivity contribution is 6.48. The molecule has 2 heterocycles. The largest absolute Gasteiger partial charge is 0.381 e. The number of nitrogens with zero attached hydrogens (tertiary/aromatic N) is 5. The Bertz CT molecular complexity index is 628. The first-order chi connectivity index (χ1) is 9.03. The molecule has 0 amide bonds. The summed E-state index contributed by atoms with van der Waals surface area (Å²) in [6.45, 7) is 4.85. The van der Waals surface area contributed by atoms with Gasteiger partial charge in [0.25, 0.3) is 5.78 Å². The molecule has 0 aliphatic carbocycles. The lowest BCUT2D eigenvalue weighted by molar-refractivity contribution is 0.652. The first-order valence-corrected chi connectivity index (χ1v) is 5.95. The van der Waals surface area contributed by atoms with Crippen molar-refractivity contribution < 1.29 is 0 Å². The number of hydrogen-bond acceptors (Lipinski definition) is 4. The first kappa shape index (κ1) is 15.1. The van der Waals surface area contributed by atoms with E-state index in [0.29, 0.717) is 22.8 Å². The maximum absolute atomic E-state index is 6.09. The van der Waals surface area contributed by atoms with E-state index >= 15 is 0 Å². The second-order valence-corrected chi connectivity index (χ2v) is 5.19. The molecular formula is C10H10B5N5. The van der Waals surface area contributed by atoms with Crippen molar-refractivity contribution in [1.82, 2.24) is 19.6 Å². The van der Waals surface area contributed by atoms with E-state index in [2.05, 4.69) is 15.1 Å². The van der Waals surface area contributed by atoms with Gasteiger partial charge in [-0.25, -0.2) is 4.98 Å². The molecule has 0 saturated carbocycles. The minimum atomic E-state index is -1.36. The molecule has 90 valence electrons. The average molecular weight is 254 g/mol. The van der Waals surface area contributed by atoms with E-state index < -0.39 is 10.7 Å². The lowest BCUT2D eigenvalue weighted by Crippen LogP contribution is -2.62. The number of anilines is 1. The molecule has 0 aliphatic rings. The fraction of sp³-hybridized carbons (Fsp3) is 0.500. The number of aryl methyl sites for hydroxylation is 1. The Morgan fingerprint density at radius 3 is 2.20 bits per heavy atom. The maximum atomic E-state index is 6.09. The van der Waals surface area contributed by atoms with Crippen molar-refractivity contribution in [2.24, 2.45) is 0 Å². The molecule has 0 aromatic carbocycles. The first-order valence-electron chi connectivity index (χ1n) is 5.95. The standard InChI is InChI=1S/C10H10B5N5/c1-5-6(11)7(19-8(18-5)16-4-17-19)20(9(2,12)13)10(3,14)15/h4H,1-3H3. The molecular weight excluding hydrogens is 244 g/mol. The maximum Gasteiger partial charge on any atom is 0.254 e. The zero-order chi connectivity index (χ0) is 15.3. The van der Waals surface area contributed by atoms with Gasteiger partial charge in [0.2, 0.25) is 0 Å². The molecule has 2 rings (SSSR count). The SMILES string of the molecule is [B]c1c(C)nc2ncnn2c1N(C([B])([B])C)C([B])([B])C. The smallest absolute Gasteiger partial charge is 0.254 e. The molecule has 0 bridgehead atoms. The van der Waals surface area contributed by atoms with Gasteiger partial charge >= 0.3 is 0 Å². The van der Waals surface area contributed by atoms with Crippen molar-refractivity contribution >= 4 is 56.3 Å². The third-order valence-electron chi connectivity index (χ3n) is 2.80. The zero-order valence-corrected chi connectivity index (χ0v) is 11.7. The Labute approximate surface area is 125 Å². The van der Waals surface area contributed by atoms with Gasteiger partial charge in [-0.2, -0.15) is 14.6 Å². The van der Waals surface area contributed by atoms with Crippen LogP contribution in [0.4, 0.5) is 5.82 Å². The predicted octanol–water partition coefficient (Wildman–Crippen LogP) is -1.95. The summed E-state index contributed by atoms with van der Waals surface area (Å²) < 4.78 is 1.40. The van der Waals surface area contributed by atoms with Crippen LogP contribution in [0.25, 0.3) is 5.78 Å². The quantitative estimate of drug-likeness (QED) is 0.598. The predicted molar refractivity (Wildman–Crippen MR) is 83.2 cm³/mol. The number of hydrogen-bond donors (Lipinski definition) is 0. The molecule has 0 atom stereocenters. The second-order valence-electron chi connectivity index (χ2n) is 5.19. The van der Waals surface area contributed by atoms with Gasteiger partial charge < -0.3 is 4.90 Å². The number of fused-ring (bicyclic) bond motifs is 1. The van der Waals surface area contributed by atoms with Crippen molar-refractivity contribution in [2.45, 2.75) is 31.4 Å². The summed E-state index contributed by atoms with van der Waals surface area (Å²) in [6, 6.07) is 0. The monoisotopic (exact) mass is 255 g/mol. The molecule has 2 aromatic heterocycles. The minimum Gasteiger partial charge on any atom is -0.381 e. The highest BCUT2D eigenvalue weighted by Crippen LogP contribution is 2.25. The Hall–Kier alpha value is -1.33. The van der Waals surface area contributed by atoms with Gasteiger partial charge in [0.15, 0.2) is 0 Å². The molecule has 0 aliphatic heterocycles. The lowest BCUT2D eigenvalue weighted by atomic mass is 9.54. The van der Waals surface area contributed by atoms with Crippen LogP contribution >= 0.6 is 0 Å². The van der Waals surface area contributed by atoms with Crippen molar-refractivity contribution in [1.29, 1.82) is 0 Å². The van der Waals surface area contributed by atoms with Crippen LogP contribution in [0.5, 0.6) is 0 Å². The van der Waals surface area contributed by atoms with Crippen molar-refractivity contribution in [3.8, 4) is 0 Å². The number of aromatic nitrogens is 4. The molecule has 0 N–H and O–H groups in total. The third kappa shape index (κ3) is 2.48. The Kier molecular flexibility index (Phi) is 3.47. The van der Waals surface area contributed by atoms with Gasteiger partial charge in [0, 0.05) is 5.69 Å². The highest BCUT2D eigenvalue weighted by atomic mass is 15.4. The van der Waals surface area contributed by atoms with E-state index in [-0.39, 0.29) is 0 Å².